The molecule has 1 amide bonds. The summed E-state index contributed by atoms with van der Waals surface area (Å²) >= 11 is 0. The molecule has 7 heteroatoms. The minimum absolute atomic E-state index is 0.00356. The van der Waals surface area contributed by atoms with Gasteiger partial charge in [0.2, 0.25) is 15.9 Å². The second-order valence-electron chi connectivity index (χ2n) is 5.15. The highest BCUT2D eigenvalue weighted by Gasteiger charge is 2.20. The SMILES string of the molecule is Cc1ccc(S(=O)(=O)NCC(C)(C)N)cc1C(N)=O. The van der Waals surface area contributed by atoms with E-state index in [9.17, 15) is 13.2 Å². The van der Waals surface area contributed by atoms with Crippen LogP contribution in [0.3, 0.4) is 0 Å². The predicted molar refractivity (Wildman–Crippen MR) is 73.2 cm³/mol. The van der Waals surface area contributed by atoms with Gasteiger partial charge in [0.05, 0.1) is 4.90 Å². The van der Waals surface area contributed by atoms with Gasteiger partial charge in [-0.3, -0.25) is 4.79 Å². The van der Waals surface area contributed by atoms with Crippen molar-refractivity contribution in [1.29, 1.82) is 0 Å². The van der Waals surface area contributed by atoms with Crippen molar-refractivity contribution >= 4 is 15.9 Å². The van der Waals surface area contributed by atoms with E-state index in [2.05, 4.69) is 4.72 Å². The first kappa shape index (κ1) is 15.6. The van der Waals surface area contributed by atoms with E-state index in [0.29, 0.717) is 5.56 Å². The molecule has 0 saturated carbocycles. The number of carbonyl (C=O) groups is 1. The number of hydrogen-bond acceptors (Lipinski definition) is 4. The minimum atomic E-state index is -3.70. The zero-order valence-corrected chi connectivity index (χ0v) is 12.0. The number of primary amides is 1. The number of rotatable bonds is 5. The first-order valence-corrected chi connectivity index (χ1v) is 7.20. The fraction of sp³-hybridized carbons (Fsp3) is 0.417. The number of benzene rings is 1. The molecule has 0 atom stereocenters. The lowest BCUT2D eigenvalue weighted by molar-refractivity contribution is 0.0999. The molecule has 19 heavy (non-hydrogen) atoms. The van der Waals surface area contributed by atoms with Gasteiger partial charge in [0.15, 0.2) is 0 Å². The molecule has 0 bridgehead atoms. The van der Waals surface area contributed by atoms with E-state index in [4.69, 9.17) is 11.5 Å². The van der Waals surface area contributed by atoms with Crippen molar-refractivity contribution in [1.82, 2.24) is 4.72 Å². The van der Waals surface area contributed by atoms with E-state index in [1.54, 1.807) is 26.8 Å². The summed E-state index contributed by atoms with van der Waals surface area (Å²) in [7, 11) is -3.70. The molecule has 0 spiro atoms. The predicted octanol–water partition coefficient (Wildman–Crippen LogP) is 0.110. The largest absolute Gasteiger partial charge is 0.366 e. The Balaban J connectivity index is 3.09. The van der Waals surface area contributed by atoms with Crippen molar-refractivity contribution in [3.8, 4) is 0 Å². The van der Waals surface area contributed by atoms with Crippen LogP contribution in [0.5, 0.6) is 0 Å². The lowest BCUT2D eigenvalue weighted by atomic mass is 10.1. The molecule has 1 aromatic rings. The molecule has 0 heterocycles. The molecule has 0 unspecified atom stereocenters. The lowest BCUT2D eigenvalue weighted by Gasteiger charge is -2.19. The van der Waals surface area contributed by atoms with Gasteiger partial charge in [-0.05, 0) is 38.5 Å². The van der Waals surface area contributed by atoms with Crippen molar-refractivity contribution in [2.45, 2.75) is 31.2 Å². The Labute approximate surface area is 113 Å². The maximum Gasteiger partial charge on any atom is 0.249 e. The average molecular weight is 285 g/mol. The summed E-state index contributed by atoms with van der Waals surface area (Å²) in [6.07, 6.45) is 0. The van der Waals surface area contributed by atoms with Crippen molar-refractivity contribution in [2.75, 3.05) is 6.54 Å². The first-order valence-electron chi connectivity index (χ1n) is 5.72. The van der Waals surface area contributed by atoms with E-state index >= 15 is 0 Å². The second-order valence-corrected chi connectivity index (χ2v) is 6.92. The van der Waals surface area contributed by atoms with Crippen molar-refractivity contribution < 1.29 is 13.2 Å². The van der Waals surface area contributed by atoms with E-state index in [1.165, 1.54) is 12.1 Å². The van der Waals surface area contributed by atoms with Gasteiger partial charge in [-0.25, -0.2) is 13.1 Å². The molecule has 0 aliphatic rings. The van der Waals surface area contributed by atoms with E-state index < -0.39 is 21.5 Å². The second kappa shape index (κ2) is 5.28. The van der Waals surface area contributed by atoms with Crippen LogP contribution < -0.4 is 16.2 Å². The Morgan fingerprint density at radius 3 is 2.42 bits per heavy atom. The Morgan fingerprint density at radius 2 is 1.95 bits per heavy atom. The number of nitrogens with one attached hydrogen (secondary N) is 1. The highest BCUT2D eigenvalue weighted by molar-refractivity contribution is 7.89. The molecule has 0 radical (unpaired) electrons. The minimum Gasteiger partial charge on any atom is -0.366 e. The summed E-state index contributed by atoms with van der Waals surface area (Å²) < 4.78 is 26.5. The zero-order valence-electron chi connectivity index (χ0n) is 11.2. The molecule has 0 aromatic heterocycles. The van der Waals surface area contributed by atoms with E-state index in [0.717, 1.165) is 0 Å². The molecular formula is C12H19N3O3S. The Bertz CT molecular complexity index is 589. The summed E-state index contributed by atoms with van der Waals surface area (Å²) in [5.41, 5.74) is 11.1. The summed E-state index contributed by atoms with van der Waals surface area (Å²) in [5.74, 6) is -0.659. The van der Waals surface area contributed by atoms with Crippen LogP contribution in [0.15, 0.2) is 23.1 Å². The summed E-state index contributed by atoms with van der Waals surface area (Å²) in [5, 5.41) is 0. The molecule has 1 aromatic carbocycles. The third kappa shape index (κ3) is 4.30. The third-order valence-corrected chi connectivity index (χ3v) is 3.90. The topological polar surface area (TPSA) is 115 Å². The molecule has 0 aliphatic carbocycles. The Hall–Kier alpha value is -1.44. The van der Waals surface area contributed by atoms with Crippen LogP contribution in [-0.4, -0.2) is 26.4 Å². The van der Waals surface area contributed by atoms with Crippen LogP contribution in [0.25, 0.3) is 0 Å². The molecule has 106 valence electrons. The van der Waals surface area contributed by atoms with Gasteiger partial charge < -0.3 is 11.5 Å². The van der Waals surface area contributed by atoms with Crippen LogP contribution in [0.4, 0.5) is 0 Å². The van der Waals surface area contributed by atoms with Crippen molar-refractivity contribution in [2.24, 2.45) is 11.5 Å². The monoisotopic (exact) mass is 285 g/mol. The van der Waals surface area contributed by atoms with Gasteiger partial charge in [-0.2, -0.15) is 0 Å². The summed E-state index contributed by atoms with van der Waals surface area (Å²) in [6, 6.07) is 4.24. The third-order valence-electron chi connectivity index (χ3n) is 2.50. The van der Waals surface area contributed by atoms with Crippen LogP contribution in [0, 0.1) is 6.92 Å². The fourth-order valence-corrected chi connectivity index (χ4v) is 2.65. The molecule has 0 saturated heterocycles. The number of aryl methyl sites for hydroxylation is 1. The molecular weight excluding hydrogens is 266 g/mol. The molecule has 6 nitrogen and oxygen atoms in total. The Morgan fingerprint density at radius 1 is 1.37 bits per heavy atom. The highest BCUT2D eigenvalue weighted by Crippen LogP contribution is 2.15. The zero-order chi connectivity index (χ0) is 14.8. The van der Waals surface area contributed by atoms with Crippen LogP contribution >= 0.6 is 0 Å². The average Bonchev–Trinajstić information content (AvgIpc) is 2.25. The van der Waals surface area contributed by atoms with Gasteiger partial charge in [0, 0.05) is 17.6 Å². The summed E-state index contributed by atoms with van der Waals surface area (Å²) in [6.45, 7) is 5.20. The Kier molecular flexibility index (Phi) is 4.34. The fourth-order valence-electron chi connectivity index (χ4n) is 1.40. The van der Waals surface area contributed by atoms with Gasteiger partial charge in [0.1, 0.15) is 0 Å². The molecule has 5 N–H and O–H groups in total. The molecule has 0 fully saturated rings. The summed E-state index contributed by atoms with van der Waals surface area (Å²) in [4.78, 5) is 11.2. The van der Waals surface area contributed by atoms with E-state index in [1.807, 2.05) is 0 Å². The first-order chi connectivity index (χ1) is 8.53. The van der Waals surface area contributed by atoms with Crippen LogP contribution in [0.2, 0.25) is 0 Å². The quantitative estimate of drug-likeness (QED) is 0.712. The van der Waals surface area contributed by atoms with Crippen LogP contribution in [0.1, 0.15) is 29.8 Å². The number of carbonyl (C=O) groups excluding carboxylic acids is 1. The smallest absolute Gasteiger partial charge is 0.249 e. The number of nitrogens with two attached hydrogens (primary N) is 2. The molecule has 0 aliphatic heterocycles. The maximum absolute atomic E-state index is 12.0. The van der Waals surface area contributed by atoms with Gasteiger partial charge >= 0.3 is 0 Å². The molecule has 1 rings (SSSR count). The standard InChI is InChI=1S/C12H19N3O3S/c1-8-4-5-9(6-10(8)11(13)16)19(17,18)15-7-12(2,3)14/h4-6,15H,7,14H2,1-3H3,(H2,13,16). The normalized spacial score (nSPS) is 12.4. The number of amides is 1. The number of sulfonamides is 1. The number of hydrogen-bond donors (Lipinski definition) is 3. The van der Waals surface area contributed by atoms with Gasteiger partial charge in [-0.1, -0.05) is 6.07 Å². The van der Waals surface area contributed by atoms with Gasteiger partial charge in [0.25, 0.3) is 0 Å². The van der Waals surface area contributed by atoms with Crippen molar-refractivity contribution in [3.05, 3.63) is 29.3 Å². The lowest BCUT2D eigenvalue weighted by Crippen LogP contribution is -2.45. The van der Waals surface area contributed by atoms with Crippen LogP contribution in [-0.2, 0) is 10.0 Å². The highest BCUT2D eigenvalue weighted by atomic mass is 32.2. The van der Waals surface area contributed by atoms with E-state index in [-0.39, 0.29) is 17.0 Å². The maximum atomic E-state index is 12.0. The van der Waals surface area contributed by atoms with Gasteiger partial charge in [-0.15, -0.1) is 0 Å². The van der Waals surface area contributed by atoms with Crippen molar-refractivity contribution in [3.63, 3.8) is 0 Å².